The number of rotatable bonds is 8. The fourth-order valence-electron chi connectivity index (χ4n) is 3.97. The zero-order valence-corrected chi connectivity index (χ0v) is 19.1. The number of amides is 1. The summed E-state index contributed by atoms with van der Waals surface area (Å²) in [4.78, 5) is 14.9. The highest BCUT2D eigenvalue weighted by molar-refractivity contribution is 7.99. The van der Waals surface area contributed by atoms with E-state index in [0.29, 0.717) is 10.9 Å². The van der Waals surface area contributed by atoms with Gasteiger partial charge in [-0.2, -0.15) is 0 Å². The molecule has 7 nitrogen and oxygen atoms in total. The van der Waals surface area contributed by atoms with Gasteiger partial charge in [-0.15, -0.1) is 10.2 Å². The molecule has 170 valence electrons. The van der Waals surface area contributed by atoms with Crippen molar-refractivity contribution in [1.82, 2.24) is 25.0 Å². The van der Waals surface area contributed by atoms with E-state index in [2.05, 4.69) is 27.3 Å². The average Bonchev–Trinajstić information content (AvgIpc) is 3.49. The van der Waals surface area contributed by atoms with E-state index in [9.17, 15) is 9.18 Å². The van der Waals surface area contributed by atoms with Crippen LogP contribution < -0.4 is 5.32 Å². The summed E-state index contributed by atoms with van der Waals surface area (Å²) in [5.74, 6) is 1.26. The molecule has 1 amide bonds. The van der Waals surface area contributed by atoms with Gasteiger partial charge in [-0.05, 0) is 76.2 Å². The van der Waals surface area contributed by atoms with E-state index in [-0.39, 0.29) is 29.6 Å². The number of halogens is 1. The van der Waals surface area contributed by atoms with E-state index in [0.717, 1.165) is 24.6 Å². The Kier molecular flexibility index (Phi) is 7.26. The molecule has 3 heterocycles. The highest BCUT2D eigenvalue weighted by Crippen LogP contribution is 2.29. The number of aromatic nitrogens is 3. The van der Waals surface area contributed by atoms with Gasteiger partial charge in [0.15, 0.2) is 11.0 Å². The lowest BCUT2D eigenvalue weighted by Gasteiger charge is -2.31. The van der Waals surface area contributed by atoms with E-state index < -0.39 is 0 Å². The Bertz CT molecular complexity index is 1020. The van der Waals surface area contributed by atoms with E-state index in [1.807, 2.05) is 17.6 Å². The molecule has 4 rings (SSSR count). The molecule has 1 N–H and O–H groups in total. The maximum Gasteiger partial charge on any atom is 0.231 e. The first kappa shape index (κ1) is 22.5. The second-order valence-electron chi connectivity index (χ2n) is 8.02. The summed E-state index contributed by atoms with van der Waals surface area (Å²) in [6.45, 7) is 6.04. The van der Waals surface area contributed by atoms with Crippen LogP contribution in [0.4, 0.5) is 4.39 Å². The topological polar surface area (TPSA) is 76.2 Å². The zero-order valence-electron chi connectivity index (χ0n) is 18.3. The molecule has 9 heteroatoms. The molecule has 2 aromatic heterocycles. The Morgan fingerprint density at radius 2 is 1.91 bits per heavy atom. The van der Waals surface area contributed by atoms with Crippen LogP contribution in [0.2, 0.25) is 0 Å². The normalized spacial score (nSPS) is 16.6. The first-order valence-electron chi connectivity index (χ1n) is 10.9. The van der Waals surface area contributed by atoms with Crippen LogP contribution in [-0.2, 0) is 4.79 Å². The van der Waals surface area contributed by atoms with Gasteiger partial charge >= 0.3 is 0 Å². The standard InChI is InChI=1S/C23H28FN5O2S/c1-16(20-7-6-14-31-20)25-21(30)15-32-23-27-26-22(17(2)28-12-4-3-5-13-28)29(23)19-10-8-18(24)9-11-19/h6-11,14,16-17H,3-5,12-13,15H2,1-2H3,(H,25,30)/t16-,17+/m1/s1. The van der Waals surface area contributed by atoms with Crippen molar-refractivity contribution < 1.29 is 13.6 Å². The van der Waals surface area contributed by atoms with Crippen LogP contribution in [-0.4, -0.2) is 44.4 Å². The Hall–Kier alpha value is -2.65. The molecule has 0 bridgehead atoms. The lowest BCUT2D eigenvalue weighted by atomic mass is 10.1. The van der Waals surface area contributed by atoms with Crippen molar-refractivity contribution in [2.75, 3.05) is 18.8 Å². The molecule has 1 aromatic carbocycles. The smallest absolute Gasteiger partial charge is 0.231 e. The van der Waals surface area contributed by atoms with Crippen molar-refractivity contribution >= 4 is 17.7 Å². The van der Waals surface area contributed by atoms with Crippen LogP contribution >= 0.6 is 11.8 Å². The minimum absolute atomic E-state index is 0.0648. The quantitative estimate of drug-likeness (QED) is 0.502. The van der Waals surface area contributed by atoms with Crippen LogP contribution in [0.25, 0.3) is 5.69 Å². The third kappa shape index (κ3) is 5.21. The van der Waals surface area contributed by atoms with Gasteiger partial charge < -0.3 is 9.73 Å². The molecule has 0 aliphatic carbocycles. The number of benzene rings is 1. The van der Waals surface area contributed by atoms with Crippen LogP contribution in [0.5, 0.6) is 0 Å². The lowest BCUT2D eigenvalue weighted by Crippen LogP contribution is -2.33. The number of thioether (sulfide) groups is 1. The molecule has 1 saturated heterocycles. The molecule has 1 aliphatic rings. The largest absolute Gasteiger partial charge is 0.467 e. The summed E-state index contributed by atoms with van der Waals surface area (Å²) in [7, 11) is 0. The number of hydrogen-bond acceptors (Lipinski definition) is 6. The molecule has 0 unspecified atom stereocenters. The SMILES string of the molecule is C[C@@H](NC(=O)CSc1nnc([C@H](C)N2CCCCC2)n1-c1ccc(F)cc1)c1ccco1. The van der Waals surface area contributed by atoms with Gasteiger partial charge in [-0.25, -0.2) is 4.39 Å². The van der Waals surface area contributed by atoms with Gasteiger partial charge in [-0.1, -0.05) is 18.2 Å². The highest BCUT2D eigenvalue weighted by Gasteiger charge is 2.26. The number of nitrogens with zero attached hydrogens (tertiary/aromatic N) is 4. The Labute approximate surface area is 191 Å². The first-order valence-corrected chi connectivity index (χ1v) is 11.9. The molecule has 3 aromatic rings. The van der Waals surface area contributed by atoms with Gasteiger partial charge in [0, 0.05) is 5.69 Å². The van der Waals surface area contributed by atoms with Crippen LogP contribution in [0.15, 0.2) is 52.2 Å². The molecule has 2 atom stereocenters. The Morgan fingerprint density at radius 1 is 1.16 bits per heavy atom. The highest BCUT2D eigenvalue weighted by atomic mass is 32.2. The van der Waals surface area contributed by atoms with E-state index in [1.165, 1.54) is 43.2 Å². The lowest BCUT2D eigenvalue weighted by molar-refractivity contribution is -0.119. The molecule has 0 radical (unpaired) electrons. The molecule has 0 spiro atoms. The monoisotopic (exact) mass is 457 g/mol. The number of carbonyl (C=O) groups excluding carboxylic acids is 1. The van der Waals surface area contributed by atoms with Gasteiger partial charge in [0.05, 0.1) is 24.1 Å². The van der Waals surface area contributed by atoms with Gasteiger partial charge in [0.25, 0.3) is 0 Å². The maximum absolute atomic E-state index is 13.6. The summed E-state index contributed by atoms with van der Waals surface area (Å²) in [6, 6.07) is 9.76. The van der Waals surface area contributed by atoms with Gasteiger partial charge in [0.2, 0.25) is 5.91 Å². The zero-order chi connectivity index (χ0) is 22.5. The number of nitrogens with one attached hydrogen (secondary N) is 1. The van der Waals surface area contributed by atoms with Crippen molar-refractivity contribution in [3.05, 3.63) is 60.1 Å². The van der Waals surface area contributed by atoms with Crippen LogP contribution in [0, 0.1) is 5.82 Å². The number of carbonyl (C=O) groups is 1. The number of hydrogen-bond donors (Lipinski definition) is 1. The van der Waals surface area contributed by atoms with Gasteiger partial charge in [-0.3, -0.25) is 14.3 Å². The van der Waals surface area contributed by atoms with Crippen molar-refractivity contribution in [1.29, 1.82) is 0 Å². The summed E-state index contributed by atoms with van der Waals surface area (Å²) < 4.78 is 20.8. The summed E-state index contributed by atoms with van der Waals surface area (Å²) in [6.07, 6.45) is 5.18. The molecule has 0 saturated carbocycles. The van der Waals surface area contributed by atoms with Crippen molar-refractivity contribution in [2.45, 2.75) is 50.4 Å². The second kappa shape index (κ2) is 10.3. The summed E-state index contributed by atoms with van der Waals surface area (Å²) in [5.41, 5.74) is 0.780. The number of piperidine rings is 1. The molecule has 1 fully saturated rings. The van der Waals surface area contributed by atoms with Crippen LogP contribution in [0.1, 0.15) is 56.8 Å². The van der Waals surface area contributed by atoms with E-state index >= 15 is 0 Å². The summed E-state index contributed by atoms with van der Waals surface area (Å²) in [5, 5.41) is 12.4. The minimum Gasteiger partial charge on any atom is -0.467 e. The molecular weight excluding hydrogens is 429 g/mol. The predicted octanol–water partition coefficient (Wildman–Crippen LogP) is 4.52. The van der Waals surface area contributed by atoms with Crippen molar-refractivity contribution in [3.8, 4) is 5.69 Å². The van der Waals surface area contributed by atoms with Crippen molar-refractivity contribution in [3.63, 3.8) is 0 Å². The van der Waals surface area contributed by atoms with E-state index in [4.69, 9.17) is 4.42 Å². The van der Waals surface area contributed by atoms with Crippen molar-refractivity contribution in [2.24, 2.45) is 0 Å². The molecule has 32 heavy (non-hydrogen) atoms. The molecule has 1 aliphatic heterocycles. The molecular formula is C23H28FN5O2S. The number of furan rings is 1. The van der Waals surface area contributed by atoms with Crippen LogP contribution in [0.3, 0.4) is 0 Å². The average molecular weight is 458 g/mol. The number of likely N-dealkylation sites (tertiary alicyclic amines) is 1. The minimum atomic E-state index is -0.298. The third-order valence-corrected chi connectivity index (χ3v) is 6.66. The fraction of sp³-hybridized carbons (Fsp3) is 0.435. The first-order chi connectivity index (χ1) is 15.5. The predicted molar refractivity (Wildman–Crippen MR) is 121 cm³/mol. The Balaban J connectivity index is 1.52. The Morgan fingerprint density at radius 3 is 2.59 bits per heavy atom. The second-order valence-corrected chi connectivity index (χ2v) is 8.96. The van der Waals surface area contributed by atoms with E-state index in [1.54, 1.807) is 24.5 Å². The summed E-state index contributed by atoms with van der Waals surface area (Å²) >= 11 is 1.31. The fourth-order valence-corrected chi connectivity index (χ4v) is 4.74. The third-order valence-electron chi connectivity index (χ3n) is 5.74. The maximum atomic E-state index is 13.6. The van der Waals surface area contributed by atoms with Gasteiger partial charge in [0.1, 0.15) is 11.6 Å².